The van der Waals surface area contributed by atoms with Gasteiger partial charge in [-0.25, -0.2) is 9.97 Å². The van der Waals surface area contributed by atoms with Gasteiger partial charge in [0.25, 0.3) is 0 Å². The van der Waals surface area contributed by atoms with E-state index in [1.165, 1.54) is 0 Å². The summed E-state index contributed by atoms with van der Waals surface area (Å²) < 4.78 is 1.82. The molecule has 0 radical (unpaired) electrons. The molecule has 3 heterocycles. The zero-order chi connectivity index (χ0) is 23.0. The van der Waals surface area contributed by atoms with Gasteiger partial charge in [-0.3, -0.25) is 9.67 Å². The van der Waals surface area contributed by atoms with Crippen LogP contribution in [-0.4, -0.2) is 24.7 Å². The fourth-order valence-electron chi connectivity index (χ4n) is 3.33. The number of benzene rings is 1. The number of anilines is 1. The second kappa shape index (κ2) is 9.98. The van der Waals surface area contributed by atoms with Gasteiger partial charge in [-0.15, -0.1) is 0 Å². The third-order valence-corrected chi connectivity index (χ3v) is 4.87. The number of aromatic nitrogens is 5. The van der Waals surface area contributed by atoms with Gasteiger partial charge in [0, 0.05) is 41.6 Å². The summed E-state index contributed by atoms with van der Waals surface area (Å²) in [5, 5.41) is 17.4. The van der Waals surface area contributed by atoms with E-state index in [-0.39, 0.29) is 0 Å². The van der Waals surface area contributed by atoms with E-state index in [4.69, 9.17) is 5.10 Å². The van der Waals surface area contributed by atoms with E-state index in [1.807, 2.05) is 47.3 Å². The Morgan fingerprint density at radius 3 is 2.76 bits per heavy atom. The van der Waals surface area contributed by atoms with Gasteiger partial charge in [-0.05, 0) is 42.0 Å². The molecule has 0 saturated carbocycles. The van der Waals surface area contributed by atoms with Crippen LogP contribution in [0.15, 0.2) is 104 Å². The molecule has 0 aliphatic heterocycles. The van der Waals surface area contributed by atoms with E-state index < -0.39 is 0 Å². The normalized spacial score (nSPS) is 10.9. The van der Waals surface area contributed by atoms with Crippen LogP contribution >= 0.6 is 0 Å². The van der Waals surface area contributed by atoms with Crippen LogP contribution in [0.5, 0.6) is 0 Å². The molecule has 4 rings (SSSR count). The Morgan fingerprint density at radius 1 is 1.12 bits per heavy atom. The van der Waals surface area contributed by atoms with Gasteiger partial charge in [0.05, 0.1) is 23.9 Å². The van der Waals surface area contributed by atoms with Gasteiger partial charge >= 0.3 is 0 Å². The molecule has 1 N–H and O–H groups in total. The first-order valence-corrected chi connectivity index (χ1v) is 10.2. The minimum Gasteiger partial charge on any atom is -0.324 e. The molecule has 0 spiro atoms. The van der Waals surface area contributed by atoms with E-state index in [0.717, 1.165) is 28.1 Å². The van der Waals surface area contributed by atoms with Crippen LogP contribution in [-0.2, 0) is 6.54 Å². The molecule has 1 aromatic carbocycles. The molecule has 0 amide bonds. The van der Waals surface area contributed by atoms with Crippen LogP contribution in [0.3, 0.4) is 0 Å². The first-order valence-electron chi connectivity index (χ1n) is 10.2. The van der Waals surface area contributed by atoms with Crippen molar-refractivity contribution < 1.29 is 0 Å². The molecule has 4 aromatic rings. The van der Waals surface area contributed by atoms with Crippen molar-refractivity contribution in [2.24, 2.45) is 0 Å². The number of hydrogen-bond acceptors (Lipinski definition) is 6. The van der Waals surface area contributed by atoms with Crippen molar-refractivity contribution >= 4 is 5.95 Å². The highest BCUT2D eigenvalue weighted by molar-refractivity contribution is 5.78. The Kier molecular flexibility index (Phi) is 6.48. The standard InChI is InChI=1S/C26H21N7/c1-3-8-22(4-2)30-26-29-14-12-24(31-26)23-18-33(17-21-10-6-5-9-19(21)15-27)32-25(23)20-11-7-13-28-16-20/h3-14,16,18H,1-2,17H2,(H,29,30,31)/b22-8+. The number of allylic oxidation sites excluding steroid dienone is 3. The van der Waals surface area contributed by atoms with Gasteiger partial charge in [0.15, 0.2) is 0 Å². The summed E-state index contributed by atoms with van der Waals surface area (Å²) in [5.74, 6) is 0.431. The number of hydrogen-bond donors (Lipinski definition) is 1. The Labute approximate surface area is 192 Å². The summed E-state index contributed by atoms with van der Waals surface area (Å²) in [6.45, 7) is 7.95. The largest absolute Gasteiger partial charge is 0.324 e. The second-order valence-electron chi connectivity index (χ2n) is 7.05. The molecule has 0 saturated heterocycles. The maximum atomic E-state index is 9.44. The lowest BCUT2D eigenvalue weighted by atomic mass is 10.1. The third kappa shape index (κ3) is 4.92. The maximum Gasteiger partial charge on any atom is 0.227 e. The quantitative estimate of drug-likeness (QED) is 0.395. The lowest BCUT2D eigenvalue weighted by Crippen LogP contribution is -2.02. The molecule has 0 unspecified atom stereocenters. The summed E-state index contributed by atoms with van der Waals surface area (Å²) in [5.41, 5.74) is 5.39. The van der Waals surface area contributed by atoms with E-state index in [0.29, 0.717) is 23.8 Å². The predicted octanol–water partition coefficient (Wildman–Crippen LogP) is 4.99. The number of rotatable bonds is 8. The van der Waals surface area contributed by atoms with Crippen molar-refractivity contribution in [3.63, 3.8) is 0 Å². The van der Waals surface area contributed by atoms with Gasteiger partial charge < -0.3 is 5.32 Å². The molecule has 0 aliphatic carbocycles. The SMILES string of the molecule is C=C/C=C(\C=C)Nc1nccc(-c2cn(Cc3ccccc3C#N)nc2-c2cccnc2)n1. The molecule has 0 atom stereocenters. The highest BCUT2D eigenvalue weighted by Gasteiger charge is 2.16. The Hall–Kier alpha value is -4.83. The highest BCUT2D eigenvalue weighted by atomic mass is 15.3. The van der Waals surface area contributed by atoms with Crippen LogP contribution in [0, 0.1) is 11.3 Å². The van der Waals surface area contributed by atoms with E-state index in [9.17, 15) is 5.26 Å². The maximum absolute atomic E-state index is 9.44. The fourth-order valence-corrected chi connectivity index (χ4v) is 3.33. The third-order valence-electron chi connectivity index (χ3n) is 4.87. The van der Waals surface area contributed by atoms with Crippen molar-refractivity contribution in [2.75, 3.05) is 5.32 Å². The number of pyridine rings is 1. The number of nitriles is 1. The number of nitrogens with one attached hydrogen (secondary N) is 1. The highest BCUT2D eigenvalue weighted by Crippen LogP contribution is 2.30. The van der Waals surface area contributed by atoms with Crippen LogP contribution in [0.2, 0.25) is 0 Å². The first-order chi connectivity index (χ1) is 16.2. The molecular formula is C26H21N7. The summed E-state index contributed by atoms with van der Waals surface area (Å²) in [7, 11) is 0. The molecule has 33 heavy (non-hydrogen) atoms. The average molecular weight is 432 g/mol. The fraction of sp³-hybridized carbons (Fsp3) is 0.0385. The van der Waals surface area contributed by atoms with Gasteiger partial charge in [-0.2, -0.15) is 10.4 Å². The van der Waals surface area contributed by atoms with Gasteiger partial charge in [0.1, 0.15) is 5.69 Å². The van der Waals surface area contributed by atoms with E-state index in [2.05, 4.69) is 39.5 Å². The molecule has 7 heteroatoms. The molecule has 0 bridgehead atoms. The molecular weight excluding hydrogens is 410 g/mol. The first kappa shape index (κ1) is 21.4. The Morgan fingerprint density at radius 2 is 2.00 bits per heavy atom. The summed E-state index contributed by atoms with van der Waals surface area (Å²) in [6.07, 6.45) is 12.2. The smallest absolute Gasteiger partial charge is 0.227 e. The number of nitrogens with zero attached hydrogens (tertiary/aromatic N) is 6. The van der Waals surface area contributed by atoms with Crippen LogP contribution in [0.1, 0.15) is 11.1 Å². The van der Waals surface area contributed by atoms with Crippen molar-refractivity contribution in [1.29, 1.82) is 5.26 Å². The molecule has 7 nitrogen and oxygen atoms in total. The minimum atomic E-state index is 0.431. The molecule has 0 fully saturated rings. The zero-order valence-corrected chi connectivity index (χ0v) is 17.9. The van der Waals surface area contributed by atoms with Crippen molar-refractivity contribution in [2.45, 2.75) is 6.54 Å². The van der Waals surface area contributed by atoms with Crippen molar-refractivity contribution in [3.05, 3.63) is 115 Å². The molecule has 160 valence electrons. The van der Waals surface area contributed by atoms with Gasteiger partial charge in [0.2, 0.25) is 5.95 Å². The van der Waals surface area contributed by atoms with Crippen LogP contribution < -0.4 is 5.32 Å². The van der Waals surface area contributed by atoms with Gasteiger partial charge in [-0.1, -0.05) is 37.4 Å². The lowest BCUT2D eigenvalue weighted by molar-refractivity contribution is 0.688. The molecule has 0 aliphatic rings. The van der Waals surface area contributed by atoms with E-state index >= 15 is 0 Å². The minimum absolute atomic E-state index is 0.431. The average Bonchev–Trinajstić information content (AvgIpc) is 3.28. The monoisotopic (exact) mass is 431 g/mol. The van der Waals surface area contributed by atoms with Crippen LogP contribution in [0.4, 0.5) is 5.95 Å². The van der Waals surface area contributed by atoms with Crippen molar-refractivity contribution in [1.82, 2.24) is 24.7 Å². The Balaban J connectivity index is 1.77. The van der Waals surface area contributed by atoms with Crippen molar-refractivity contribution in [3.8, 4) is 28.6 Å². The lowest BCUT2D eigenvalue weighted by Gasteiger charge is -2.07. The topological polar surface area (TPSA) is 92.3 Å². The van der Waals surface area contributed by atoms with E-state index in [1.54, 1.807) is 42.9 Å². The predicted molar refractivity (Wildman–Crippen MR) is 129 cm³/mol. The molecule has 3 aromatic heterocycles. The summed E-state index contributed by atoms with van der Waals surface area (Å²) >= 11 is 0. The Bertz CT molecular complexity index is 1360. The summed E-state index contributed by atoms with van der Waals surface area (Å²) in [6, 6.07) is 15.4. The summed E-state index contributed by atoms with van der Waals surface area (Å²) in [4.78, 5) is 13.2. The zero-order valence-electron chi connectivity index (χ0n) is 17.9. The second-order valence-corrected chi connectivity index (χ2v) is 7.05. The van der Waals surface area contributed by atoms with Crippen LogP contribution in [0.25, 0.3) is 22.5 Å².